The van der Waals surface area contributed by atoms with E-state index < -0.39 is 10.0 Å². The summed E-state index contributed by atoms with van der Waals surface area (Å²) < 4.78 is 28.5. The van der Waals surface area contributed by atoms with Crippen molar-refractivity contribution in [3.8, 4) is 0 Å². The number of hydrogen-bond donors (Lipinski definition) is 0. The van der Waals surface area contributed by atoms with Crippen LogP contribution in [0, 0.1) is 0 Å². The molecule has 0 saturated carbocycles. The zero-order valence-electron chi connectivity index (χ0n) is 11.4. The van der Waals surface area contributed by atoms with Crippen LogP contribution in [0.25, 0.3) is 0 Å². The predicted octanol–water partition coefficient (Wildman–Crippen LogP) is 4.63. The monoisotopic (exact) mass is 445 g/mol. The van der Waals surface area contributed by atoms with Crippen LogP contribution in [0.3, 0.4) is 0 Å². The van der Waals surface area contributed by atoms with E-state index in [1.165, 1.54) is 4.31 Å². The zero-order valence-corrected chi connectivity index (χ0v) is 16.2. The Labute approximate surface area is 143 Å². The highest BCUT2D eigenvalue weighted by Gasteiger charge is 2.30. The van der Waals surface area contributed by atoms with Crippen LogP contribution in [0.15, 0.2) is 32.0 Å². The number of alkyl halides is 1. The summed E-state index contributed by atoms with van der Waals surface area (Å²) in [6.07, 6.45) is 1.52. The summed E-state index contributed by atoms with van der Waals surface area (Å²) in [7, 11) is -3.57. The van der Waals surface area contributed by atoms with Gasteiger partial charge >= 0.3 is 0 Å². The van der Waals surface area contributed by atoms with Gasteiger partial charge in [-0.1, -0.05) is 29.8 Å². The van der Waals surface area contributed by atoms with E-state index in [9.17, 15) is 8.42 Å². The first kappa shape index (κ1) is 18.4. The van der Waals surface area contributed by atoms with E-state index >= 15 is 0 Å². The van der Waals surface area contributed by atoms with Crippen molar-refractivity contribution in [1.29, 1.82) is 0 Å². The Morgan fingerprint density at radius 2 is 1.85 bits per heavy atom. The molecule has 0 amide bonds. The standard InChI is InChI=1S/C13H18Br2ClNO2S/c1-3-11(4-2)17(8-7-16)20(18,19)13-9-10(14)5-6-12(13)15/h5-6,9,11H,3-4,7-8H2,1-2H3. The van der Waals surface area contributed by atoms with Crippen molar-refractivity contribution < 1.29 is 8.42 Å². The molecule has 0 unspecified atom stereocenters. The molecule has 0 N–H and O–H groups in total. The largest absolute Gasteiger partial charge is 0.244 e. The second-order valence-electron chi connectivity index (χ2n) is 4.35. The number of hydrogen-bond acceptors (Lipinski definition) is 2. The zero-order chi connectivity index (χ0) is 15.3. The molecular weight excluding hydrogens is 429 g/mol. The van der Waals surface area contributed by atoms with Gasteiger partial charge in [-0.3, -0.25) is 0 Å². The molecule has 1 rings (SSSR count). The van der Waals surface area contributed by atoms with Crippen LogP contribution < -0.4 is 0 Å². The van der Waals surface area contributed by atoms with Gasteiger partial charge in [-0.25, -0.2) is 8.42 Å². The van der Waals surface area contributed by atoms with Gasteiger partial charge in [-0.05, 0) is 47.0 Å². The predicted molar refractivity (Wildman–Crippen MR) is 90.8 cm³/mol. The van der Waals surface area contributed by atoms with E-state index in [1.807, 2.05) is 13.8 Å². The quantitative estimate of drug-likeness (QED) is 0.572. The summed E-state index contributed by atoms with van der Waals surface area (Å²) in [4.78, 5) is 0.267. The maximum absolute atomic E-state index is 12.9. The molecule has 0 aliphatic rings. The molecule has 1 aromatic rings. The smallest absolute Gasteiger partial charge is 0.207 e. The van der Waals surface area contributed by atoms with E-state index in [0.29, 0.717) is 11.0 Å². The van der Waals surface area contributed by atoms with E-state index in [2.05, 4.69) is 31.9 Å². The van der Waals surface area contributed by atoms with Crippen molar-refractivity contribution in [3.05, 3.63) is 27.1 Å². The Morgan fingerprint density at radius 1 is 1.25 bits per heavy atom. The number of benzene rings is 1. The first-order valence-electron chi connectivity index (χ1n) is 6.41. The van der Waals surface area contributed by atoms with Crippen molar-refractivity contribution in [2.24, 2.45) is 0 Å². The fourth-order valence-corrected chi connectivity index (χ4v) is 5.60. The molecule has 0 fully saturated rings. The Morgan fingerprint density at radius 3 is 2.35 bits per heavy atom. The summed E-state index contributed by atoms with van der Waals surface area (Å²) in [5, 5.41) is 0. The minimum absolute atomic E-state index is 0.0374. The van der Waals surface area contributed by atoms with Gasteiger partial charge in [0.05, 0.1) is 4.90 Å². The van der Waals surface area contributed by atoms with Crippen molar-refractivity contribution in [2.45, 2.75) is 37.6 Å². The average Bonchev–Trinajstić information content (AvgIpc) is 2.41. The molecule has 20 heavy (non-hydrogen) atoms. The minimum atomic E-state index is -3.57. The molecule has 0 aromatic heterocycles. The topological polar surface area (TPSA) is 37.4 Å². The Balaban J connectivity index is 3.32. The lowest BCUT2D eigenvalue weighted by Gasteiger charge is -2.29. The van der Waals surface area contributed by atoms with Crippen LogP contribution in [0.2, 0.25) is 0 Å². The molecule has 0 bridgehead atoms. The highest BCUT2D eigenvalue weighted by atomic mass is 79.9. The molecular formula is C13H18Br2ClNO2S. The van der Waals surface area contributed by atoms with Gasteiger partial charge < -0.3 is 0 Å². The molecule has 114 valence electrons. The second-order valence-corrected chi connectivity index (χ2v) is 8.36. The van der Waals surface area contributed by atoms with Crippen molar-refractivity contribution in [3.63, 3.8) is 0 Å². The lowest BCUT2D eigenvalue weighted by Crippen LogP contribution is -2.41. The van der Waals surface area contributed by atoms with Crippen LogP contribution in [0.5, 0.6) is 0 Å². The molecule has 7 heteroatoms. The lowest BCUT2D eigenvalue weighted by molar-refractivity contribution is 0.316. The van der Waals surface area contributed by atoms with E-state index in [0.717, 1.165) is 17.3 Å². The molecule has 0 spiro atoms. The van der Waals surface area contributed by atoms with Gasteiger partial charge in [-0.15, -0.1) is 11.6 Å². The summed E-state index contributed by atoms with van der Waals surface area (Å²) in [6, 6.07) is 5.10. The van der Waals surface area contributed by atoms with Crippen LogP contribution in [-0.4, -0.2) is 31.2 Å². The molecule has 0 atom stereocenters. The number of halogens is 3. The molecule has 1 aromatic carbocycles. The lowest BCUT2D eigenvalue weighted by atomic mass is 10.2. The fourth-order valence-electron chi connectivity index (χ4n) is 2.08. The van der Waals surface area contributed by atoms with Gasteiger partial charge in [0.25, 0.3) is 0 Å². The molecule has 0 aliphatic heterocycles. The van der Waals surface area contributed by atoms with E-state index in [1.54, 1.807) is 18.2 Å². The molecule has 0 radical (unpaired) electrons. The van der Waals surface area contributed by atoms with Gasteiger partial charge in [-0.2, -0.15) is 4.31 Å². The highest BCUT2D eigenvalue weighted by molar-refractivity contribution is 9.11. The SMILES string of the molecule is CCC(CC)N(CCCl)S(=O)(=O)c1cc(Br)ccc1Br. The number of sulfonamides is 1. The van der Waals surface area contributed by atoms with Crippen LogP contribution >= 0.6 is 43.5 Å². The summed E-state index contributed by atoms with van der Waals surface area (Å²) >= 11 is 12.4. The Hall–Kier alpha value is 0.380. The minimum Gasteiger partial charge on any atom is -0.207 e. The molecule has 0 heterocycles. The first-order chi connectivity index (χ1) is 9.38. The molecule has 0 aliphatic carbocycles. The van der Waals surface area contributed by atoms with E-state index in [4.69, 9.17) is 11.6 Å². The van der Waals surface area contributed by atoms with Gasteiger partial charge in [0, 0.05) is 27.4 Å². The van der Waals surface area contributed by atoms with Gasteiger partial charge in [0.15, 0.2) is 0 Å². The maximum atomic E-state index is 12.9. The first-order valence-corrected chi connectivity index (χ1v) is 9.97. The van der Waals surface area contributed by atoms with Crippen LogP contribution in [0.4, 0.5) is 0 Å². The highest BCUT2D eigenvalue weighted by Crippen LogP contribution is 2.30. The van der Waals surface area contributed by atoms with Crippen LogP contribution in [0.1, 0.15) is 26.7 Å². The number of rotatable bonds is 7. The van der Waals surface area contributed by atoms with Crippen LogP contribution in [-0.2, 0) is 10.0 Å². The number of nitrogens with zero attached hydrogens (tertiary/aromatic N) is 1. The van der Waals surface area contributed by atoms with Crippen molar-refractivity contribution in [1.82, 2.24) is 4.31 Å². The third-order valence-corrected chi connectivity index (χ3v) is 6.74. The van der Waals surface area contributed by atoms with Gasteiger partial charge in [0.1, 0.15) is 0 Å². The average molecular weight is 448 g/mol. The molecule has 0 saturated heterocycles. The fraction of sp³-hybridized carbons (Fsp3) is 0.538. The maximum Gasteiger partial charge on any atom is 0.244 e. The van der Waals surface area contributed by atoms with E-state index in [-0.39, 0.29) is 16.8 Å². The summed E-state index contributed by atoms with van der Waals surface area (Å²) in [6.45, 7) is 4.29. The Kier molecular flexibility index (Phi) is 7.49. The third-order valence-electron chi connectivity index (χ3n) is 3.13. The summed E-state index contributed by atoms with van der Waals surface area (Å²) in [5.41, 5.74) is 0. The van der Waals surface area contributed by atoms with Crippen molar-refractivity contribution in [2.75, 3.05) is 12.4 Å². The molecule has 3 nitrogen and oxygen atoms in total. The third kappa shape index (κ3) is 4.19. The Bertz CT molecular complexity index is 547. The second kappa shape index (κ2) is 8.13. The summed E-state index contributed by atoms with van der Waals surface area (Å²) in [5.74, 6) is 0.279. The normalized spacial score (nSPS) is 12.3. The van der Waals surface area contributed by atoms with Gasteiger partial charge in [0.2, 0.25) is 10.0 Å². The van der Waals surface area contributed by atoms with Crippen molar-refractivity contribution >= 4 is 53.5 Å².